The number of ether oxygens (including phenoxy) is 1. The van der Waals surface area contributed by atoms with Crippen molar-refractivity contribution in [2.75, 3.05) is 0 Å². The van der Waals surface area contributed by atoms with Crippen molar-refractivity contribution in [2.45, 2.75) is 62.9 Å². The fraction of sp³-hybridized carbons (Fsp3) is 0.321. The summed E-state index contributed by atoms with van der Waals surface area (Å²) in [5.41, 5.74) is 3.01. The molecule has 0 spiro atoms. The van der Waals surface area contributed by atoms with E-state index in [4.69, 9.17) is 4.74 Å². The van der Waals surface area contributed by atoms with E-state index in [0.717, 1.165) is 36.1 Å². The quantitative estimate of drug-likeness (QED) is 0.532. The van der Waals surface area contributed by atoms with Crippen LogP contribution in [0.1, 0.15) is 61.2 Å². The Kier molecular flexibility index (Phi) is 6.30. The van der Waals surface area contributed by atoms with Crippen LogP contribution in [0, 0.1) is 0 Å². The number of benzene rings is 3. The molecule has 0 fully saturated rings. The minimum Gasteiger partial charge on any atom is -0.487 e. The van der Waals surface area contributed by atoms with Gasteiger partial charge in [0.2, 0.25) is 0 Å². The molecule has 0 saturated carbocycles. The fourth-order valence-corrected chi connectivity index (χ4v) is 5.23. The van der Waals surface area contributed by atoms with Gasteiger partial charge in [-0.15, -0.1) is 0 Å². The smallest absolute Gasteiger partial charge is 0.265 e. The maximum absolute atomic E-state index is 12.8. The summed E-state index contributed by atoms with van der Waals surface area (Å²) >= 11 is 0. The molecule has 3 aromatic carbocycles. The summed E-state index contributed by atoms with van der Waals surface area (Å²) in [5, 5.41) is 0. The van der Waals surface area contributed by atoms with E-state index in [9.17, 15) is 13.2 Å². The maximum atomic E-state index is 12.8. The molecule has 0 aromatic heterocycles. The predicted octanol–water partition coefficient (Wildman–Crippen LogP) is 5.43. The average Bonchev–Trinajstić information content (AvgIpc) is 2.78. The van der Waals surface area contributed by atoms with Crippen molar-refractivity contribution < 1.29 is 17.9 Å². The number of sulfonamides is 1. The molecule has 3 aromatic rings. The van der Waals surface area contributed by atoms with Crippen molar-refractivity contribution in [3.05, 3.63) is 95.1 Å². The number of amides is 1. The zero-order chi connectivity index (χ0) is 24.6. The van der Waals surface area contributed by atoms with Crippen LogP contribution in [-0.2, 0) is 28.3 Å². The first-order valence-electron chi connectivity index (χ1n) is 11.5. The van der Waals surface area contributed by atoms with Gasteiger partial charge in [-0.05, 0) is 72.2 Å². The van der Waals surface area contributed by atoms with Crippen molar-refractivity contribution in [3.8, 4) is 5.75 Å². The molecule has 0 bridgehead atoms. The third kappa shape index (κ3) is 5.33. The molecule has 0 unspecified atom stereocenters. The van der Waals surface area contributed by atoms with E-state index < -0.39 is 15.9 Å². The Morgan fingerprint density at radius 2 is 1.68 bits per heavy atom. The largest absolute Gasteiger partial charge is 0.487 e. The highest BCUT2D eigenvalue weighted by Crippen LogP contribution is 2.35. The van der Waals surface area contributed by atoms with Crippen molar-refractivity contribution in [1.29, 1.82) is 0 Å². The number of carbonyl (C=O) groups is 1. The first-order chi connectivity index (χ1) is 16.0. The van der Waals surface area contributed by atoms with Crippen LogP contribution in [-0.4, -0.2) is 19.9 Å². The average molecular weight is 478 g/mol. The summed E-state index contributed by atoms with van der Waals surface area (Å²) in [6.45, 7) is 8.27. The van der Waals surface area contributed by atoms with Gasteiger partial charge in [-0.3, -0.25) is 4.79 Å². The Labute approximate surface area is 202 Å². The number of fused-ring (bicyclic) bond motifs is 1. The lowest BCUT2D eigenvalue weighted by atomic mass is 9.87. The monoisotopic (exact) mass is 477 g/mol. The SMILES string of the molecule is CC(C)(C)c1ccc(S(=O)(=O)NC(=O)c2ccc3c(c2)CC[C@](C)(Cc2ccccc2)O3)cc1. The third-order valence-corrected chi connectivity index (χ3v) is 7.63. The molecule has 4 rings (SSSR count). The molecule has 1 heterocycles. The normalized spacial score (nSPS) is 18.0. The van der Waals surface area contributed by atoms with E-state index >= 15 is 0 Å². The van der Waals surface area contributed by atoms with Crippen LogP contribution in [0.4, 0.5) is 0 Å². The number of hydrogen-bond acceptors (Lipinski definition) is 4. The van der Waals surface area contributed by atoms with E-state index in [0.29, 0.717) is 5.56 Å². The van der Waals surface area contributed by atoms with Crippen molar-refractivity contribution in [3.63, 3.8) is 0 Å². The first-order valence-corrected chi connectivity index (χ1v) is 13.0. The lowest BCUT2D eigenvalue weighted by molar-refractivity contribution is 0.0654. The van der Waals surface area contributed by atoms with Crippen LogP contribution in [0.25, 0.3) is 0 Å². The molecule has 178 valence electrons. The van der Waals surface area contributed by atoms with Gasteiger partial charge in [-0.1, -0.05) is 63.2 Å². The molecule has 0 radical (unpaired) electrons. The number of hydrogen-bond donors (Lipinski definition) is 1. The lowest BCUT2D eigenvalue weighted by Gasteiger charge is -2.36. The second kappa shape index (κ2) is 8.91. The Bertz CT molecular complexity index is 1290. The van der Waals surface area contributed by atoms with Gasteiger partial charge in [0.1, 0.15) is 11.4 Å². The van der Waals surface area contributed by atoms with Crippen molar-refractivity contribution >= 4 is 15.9 Å². The van der Waals surface area contributed by atoms with Gasteiger partial charge in [-0.2, -0.15) is 0 Å². The summed E-state index contributed by atoms with van der Waals surface area (Å²) in [4.78, 5) is 12.8. The van der Waals surface area contributed by atoms with Gasteiger partial charge in [0.15, 0.2) is 0 Å². The zero-order valence-electron chi connectivity index (χ0n) is 20.1. The highest BCUT2D eigenvalue weighted by molar-refractivity contribution is 7.90. The summed E-state index contributed by atoms with van der Waals surface area (Å²) in [6, 6.07) is 21.9. The number of carbonyl (C=O) groups excluding carboxylic acids is 1. The molecule has 1 amide bonds. The summed E-state index contributed by atoms with van der Waals surface area (Å²) < 4.78 is 34.0. The standard InChI is InChI=1S/C28H31NO4S/c1-27(2,3)23-11-13-24(14-12-23)34(31,32)29-26(30)22-10-15-25-21(18-22)16-17-28(4,33-25)19-20-8-6-5-7-9-20/h5-15,18H,16-17,19H2,1-4H3,(H,29,30)/t28-/m1/s1. The zero-order valence-corrected chi connectivity index (χ0v) is 20.9. The topological polar surface area (TPSA) is 72.5 Å². The fourth-order valence-electron chi connectivity index (χ4n) is 4.26. The molecule has 1 aliphatic heterocycles. The van der Waals surface area contributed by atoms with Crippen LogP contribution in [0.5, 0.6) is 5.75 Å². The molecule has 34 heavy (non-hydrogen) atoms. The van der Waals surface area contributed by atoms with Gasteiger partial charge < -0.3 is 4.74 Å². The van der Waals surface area contributed by atoms with Gasteiger partial charge in [-0.25, -0.2) is 13.1 Å². The summed E-state index contributed by atoms with van der Waals surface area (Å²) in [6.07, 6.45) is 2.35. The number of rotatable bonds is 5. The molecular formula is C28H31NO4S. The highest BCUT2D eigenvalue weighted by atomic mass is 32.2. The van der Waals surface area contributed by atoms with E-state index in [1.54, 1.807) is 30.3 Å². The van der Waals surface area contributed by atoms with Gasteiger partial charge >= 0.3 is 0 Å². The molecule has 1 N–H and O–H groups in total. The van der Waals surface area contributed by atoms with Gasteiger partial charge in [0.25, 0.3) is 15.9 Å². The molecule has 0 aliphatic carbocycles. The molecule has 1 aliphatic rings. The van der Waals surface area contributed by atoms with E-state index in [-0.39, 0.29) is 15.9 Å². The predicted molar refractivity (Wildman–Crippen MR) is 134 cm³/mol. The summed E-state index contributed by atoms with van der Waals surface area (Å²) in [5.74, 6) is 0.0853. The molecule has 5 nitrogen and oxygen atoms in total. The van der Waals surface area contributed by atoms with Crippen LogP contribution < -0.4 is 9.46 Å². The van der Waals surface area contributed by atoms with Gasteiger partial charge in [0.05, 0.1) is 4.90 Å². The number of aryl methyl sites for hydroxylation is 1. The second-order valence-corrected chi connectivity index (χ2v) is 11.9. The Morgan fingerprint density at radius 1 is 1.00 bits per heavy atom. The molecule has 0 saturated heterocycles. The molecule has 1 atom stereocenters. The molecular weight excluding hydrogens is 446 g/mol. The molecule has 6 heteroatoms. The van der Waals surface area contributed by atoms with Crippen molar-refractivity contribution in [1.82, 2.24) is 4.72 Å². The first kappa shape index (κ1) is 24.0. The summed E-state index contributed by atoms with van der Waals surface area (Å²) in [7, 11) is -3.98. The lowest BCUT2D eigenvalue weighted by Crippen LogP contribution is -2.38. The Morgan fingerprint density at radius 3 is 2.32 bits per heavy atom. The van der Waals surface area contributed by atoms with Gasteiger partial charge in [0, 0.05) is 12.0 Å². The minimum atomic E-state index is -3.98. The van der Waals surface area contributed by atoms with Crippen LogP contribution in [0.3, 0.4) is 0 Å². The van der Waals surface area contributed by atoms with E-state index in [1.807, 2.05) is 18.2 Å². The van der Waals surface area contributed by atoms with Crippen LogP contribution >= 0.6 is 0 Å². The number of nitrogens with one attached hydrogen (secondary N) is 1. The minimum absolute atomic E-state index is 0.0619. The van der Waals surface area contributed by atoms with Crippen LogP contribution in [0.2, 0.25) is 0 Å². The maximum Gasteiger partial charge on any atom is 0.265 e. The third-order valence-electron chi connectivity index (χ3n) is 6.28. The Hall–Kier alpha value is -3.12. The van der Waals surface area contributed by atoms with Crippen LogP contribution in [0.15, 0.2) is 77.7 Å². The van der Waals surface area contributed by atoms with Crippen molar-refractivity contribution in [2.24, 2.45) is 0 Å². The second-order valence-electron chi connectivity index (χ2n) is 10.2. The van der Waals surface area contributed by atoms with E-state index in [1.165, 1.54) is 17.7 Å². The van der Waals surface area contributed by atoms with E-state index in [2.05, 4.69) is 44.5 Å². The Balaban J connectivity index is 1.47. The highest BCUT2D eigenvalue weighted by Gasteiger charge is 2.32.